The van der Waals surface area contributed by atoms with E-state index in [1.165, 1.54) is 5.56 Å². The minimum absolute atomic E-state index is 0.118. The van der Waals surface area contributed by atoms with Crippen LogP contribution in [0, 0.1) is 32.1 Å². The lowest BCUT2D eigenvalue weighted by Crippen LogP contribution is -2.25. The molecular formula is C22H26N2O3. The molecule has 0 unspecified atom stereocenters. The number of carbonyl (C=O) groups excluding carboxylic acids is 1. The zero-order valence-electron chi connectivity index (χ0n) is 16.2. The van der Waals surface area contributed by atoms with E-state index in [9.17, 15) is 4.79 Å². The van der Waals surface area contributed by atoms with E-state index < -0.39 is 0 Å². The Morgan fingerprint density at radius 1 is 1.04 bits per heavy atom. The molecule has 0 bridgehead atoms. The minimum atomic E-state index is -0.256. The fourth-order valence-corrected chi connectivity index (χ4v) is 2.77. The van der Waals surface area contributed by atoms with E-state index in [1.54, 1.807) is 0 Å². The van der Waals surface area contributed by atoms with Gasteiger partial charge in [-0.05, 0) is 55.5 Å². The molecule has 2 rings (SSSR count). The van der Waals surface area contributed by atoms with Gasteiger partial charge in [-0.15, -0.1) is 0 Å². The molecule has 0 radical (unpaired) electrons. The van der Waals surface area contributed by atoms with Crippen molar-refractivity contribution in [3.63, 3.8) is 0 Å². The molecule has 0 heterocycles. The summed E-state index contributed by atoms with van der Waals surface area (Å²) in [5.74, 6) is 1.45. The Kier molecular flexibility index (Phi) is 7.69. The van der Waals surface area contributed by atoms with E-state index in [0.29, 0.717) is 26.2 Å². The van der Waals surface area contributed by atoms with Gasteiger partial charge >= 0.3 is 0 Å². The molecule has 142 valence electrons. The summed E-state index contributed by atoms with van der Waals surface area (Å²) in [4.78, 5) is 11.4. The Morgan fingerprint density at radius 3 is 2.52 bits per heavy atom. The van der Waals surface area contributed by atoms with E-state index in [-0.39, 0.29) is 12.3 Å². The molecule has 0 saturated carbocycles. The van der Waals surface area contributed by atoms with E-state index in [0.717, 1.165) is 28.2 Å². The maximum absolute atomic E-state index is 11.4. The lowest BCUT2D eigenvalue weighted by atomic mass is 10.1. The number of nitrogens with zero attached hydrogens (tertiary/aromatic N) is 1. The molecule has 0 aliphatic rings. The highest BCUT2D eigenvalue weighted by atomic mass is 16.5. The van der Waals surface area contributed by atoms with E-state index >= 15 is 0 Å². The number of carbonyl (C=O) groups is 1. The molecule has 2 aromatic rings. The van der Waals surface area contributed by atoms with Gasteiger partial charge in [0.15, 0.2) is 0 Å². The molecule has 0 fully saturated rings. The van der Waals surface area contributed by atoms with Crippen molar-refractivity contribution in [2.75, 3.05) is 19.8 Å². The molecule has 0 saturated heterocycles. The van der Waals surface area contributed by atoms with Gasteiger partial charge in [0.1, 0.15) is 31.1 Å². The van der Waals surface area contributed by atoms with Crippen LogP contribution < -0.4 is 14.8 Å². The number of hydrogen-bond donors (Lipinski definition) is 1. The van der Waals surface area contributed by atoms with Gasteiger partial charge in [0.2, 0.25) is 5.91 Å². The highest BCUT2D eigenvalue weighted by molar-refractivity contribution is 5.77. The van der Waals surface area contributed by atoms with Crippen molar-refractivity contribution in [1.29, 1.82) is 5.26 Å². The summed E-state index contributed by atoms with van der Waals surface area (Å²) in [7, 11) is 0. The predicted octanol–water partition coefficient (Wildman–Crippen LogP) is 3.64. The lowest BCUT2D eigenvalue weighted by Gasteiger charge is -2.15. The maximum Gasteiger partial charge on any atom is 0.234 e. The second-order valence-electron chi connectivity index (χ2n) is 6.39. The predicted molar refractivity (Wildman–Crippen MR) is 105 cm³/mol. The molecule has 0 atom stereocenters. The number of benzene rings is 2. The van der Waals surface area contributed by atoms with E-state index in [4.69, 9.17) is 14.7 Å². The highest BCUT2D eigenvalue weighted by Crippen LogP contribution is 2.25. The van der Waals surface area contributed by atoms with Gasteiger partial charge in [0, 0.05) is 6.54 Å². The second kappa shape index (κ2) is 10.2. The van der Waals surface area contributed by atoms with Crippen LogP contribution in [0.5, 0.6) is 11.5 Å². The molecule has 27 heavy (non-hydrogen) atoms. The summed E-state index contributed by atoms with van der Waals surface area (Å²) in [6.07, 6.45) is 0.525. The number of nitrogens with one attached hydrogen (secondary N) is 1. The molecule has 0 aromatic heterocycles. The van der Waals surface area contributed by atoms with Gasteiger partial charge < -0.3 is 14.8 Å². The normalized spacial score (nSPS) is 10.1. The first kappa shape index (κ1) is 20.3. The number of aryl methyl sites for hydroxylation is 2. The highest BCUT2D eigenvalue weighted by Gasteiger charge is 2.08. The molecular weight excluding hydrogens is 340 g/mol. The summed E-state index contributed by atoms with van der Waals surface area (Å²) in [6.45, 7) is 7.54. The Morgan fingerprint density at radius 2 is 1.74 bits per heavy atom. The molecule has 0 aliphatic carbocycles. The summed E-state index contributed by atoms with van der Waals surface area (Å²) in [5.41, 5.74) is 4.49. The van der Waals surface area contributed by atoms with Crippen LogP contribution in [0.2, 0.25) is 0 Å². The third kappa shape index (κ3) is 6.03. The quantitative estimate of drug-likeness (QED) is 0.688. The van der Waals surface area contributed by atoms with Crippen LogP contribution in [0.1, 0.15) is 28.7 Å². The van der Waals surface area contributed by atoms with E-state index in [2.05, 4.69) is 31.3 Å². The van der Waals surface area contributed by atoms with Gasteiger partial charge in [-0.1, -0.05) is 30.3 Å². The van der Waals surface area contributed by atoms with Crippen molar-refractivity contribution in [3.05, 3.63) is 58.7 Å². The first-order valence-electron chi connectivity index (χ1n) is 9.07. The van der Waals surface area contributed by atoms with Gasteiger partial charge in [-0.3, -0.25) is 4.79 Å². The van der Waals surface area contributed by atoms with Crippen molar-refractivity contribution in [2.45, 2.75) is 33.6 Å². The summed E-state index contributed by atoms with van der Waals surface area (Å²) >= 11 is 0. The molecule has 5 nitrogen and oxygen atoms in total. The minimum Gasteiger partial charge on any atom is -0.490 e. The van der Waals surface area contributed by atoms with Crippen molar-refractivity contribution in [3.8, 4) is 17.6 Å². The van der Waals surface area contributed by atoms with Crippen LogP contribution in [0.25, 0.3) is 0 Å². The standard InChI is InChI=1S/C22H26N2O3/c1-16-8-9-17(2)22(18(16)3)27-15-14-26-20-7-5-4-6-19(20)11-13-24-21(25)10-12-23/h4-9H,10-11,13-15H2,1-3H3,(H,24,25). The van der Waals surface area contributed by atoms with Crippen molar-refractivity contribution in [1.82, 2.24) is 5.32 Å². The van der Waals surface area contributed by atoms with Gasteiger partial charge in [-0.25, -0.2) is 0 Å². The van der Waals surface area contributed by atoms with Crippen LogP contribution in [-0.4, -0.2) is 25.7 Å². The number of hydrogen-bond acceptors (Lipinski definition) is 4. The third-order valence-electron chi connectivity index (χ3n) is 4.39. The van der Waals surface area contributed by atoms with Crippen molar-refractivity contribution >= 4 is 5.91 Å². The monoisotopic (exact) mass is 366 g/mol. The average molecular weight is 366 g/mol. The van der Waals surface area contributed by atoms with Gasteiger partial charge in [-0.2, -0.15) is 5.26 Å². The summed E-state index contributed by atoms with van der Waals surface area (Å²) in [5, 5.41) is 11.2. The number of ether oxygens (including phenoxy) is 2. The Balaban J connectivity index is 1.85. The Bertz CT molecular complexity index is 825. The topological polar surface area (TPSA) is 71.3 Å². The summed E-state index contributed by atoms with van der Waals surface area (Å²) < 4.78 is 11.8. The average Bonchev–Trinajstić information content (AvgIpc) is 2.65. The fraction of sp³-hybridized carbons (Fsp3) is 0.364. The van der Waals surface area contributed by atoms with Gasteiger partial charge in [0.05, 0.1) is 6.07 Å². The fourth-order valence-electron chi connectivity index (χ4n) is 2.77. The lowest BCUT2D eigenvalue weighted by molar-refractivity contribution is -0.120. The second-order valence-corrected chi connectivity index (χ2v) is 6.39. The molecule has 0 spiro atoms. The van der Waals surface area contributed by atoms with Crippen molar-refractivity contribution in [2.24, 2.45) is 0 Å². The SMILES string of the molecule is Cc1ccc(C)c(OCCOc2ccccc2CCNC(=O)CC#N)c1C. The zero-order chi connectivity index (χ0) is 19.6. The summed E-state index contributed by atoms with van der Waals surface area (Å²) in [6, 6.07) is 13.7. The largest absolute Gasteiger partial charge is 0.490 e. The first-order valence-corrected chi connectivity index (χ1v) is 9.07. The smallest absolute Gasteiger partial charge is 0.234 e. The number of rotatable bonds is 9. The Hall–Kier alpha value is -3.00. The number of nitriles is 1. The van der Waals surface area contributed by atoms with Crippen LogP contribution in [-0.2, 0) is 11.2 Å². The first-order chi connectivity index (χ1) is 13.0. The zero-order valence-corrected chi connectivity index (χ0v) is 16.2. The molecule has 0 aliphatic heterocycles. The maximum atomic E-state index is 11.4. The van der Waals surface area contributed by atoms with Crippen LogP contribution in [0.15, 0.2) is 36.4 Å². The third-order valence-corrected chi connectivity index (χ3v) is 4.39. The van der Waals surface area contributed by atoms with Gasteiger partial charge in [0.25, 0.3) is 0 Å². The number of para-hydroxylation sites is 1. The van der Waals surface area contributed by atoms with Crippen molar-refractivity contribution < 1.29 is 14.3 Å². The Labute approximate surface area is 160 Å². The van der Waals surface area contributed by atoms with Crippen LogP contribution in [0.4, 0.5) is 0 Å². The molecule has 5 heteroatoms. The van der Waals surface area contributed by atoms with E-state index in [1.807, 2.05) is 37.3 Å². The molecule has 1 amide bonds. The van der Waals surface area contributed by atoms with Crippen LogP contribution in [0.3, 0.4) is 0 Å². The number of amides is 1. The van der Waals surface area contributed by atoms with Crippen LogP contribution >= 0.6 is 0 Å². The molecule has 2 aromatic carbocycles. The molecule has 1 N–H and O–H groups in total.